The second kappa shape index (κ2) is 8.60. The highest BCUT2D eigenvalue weighted by Gasteiger charge is 2.13. The number of aryl methyl sites for hydroxylation is 2. The highest BCUT2D eigenvalue weighted by atomic mass is 35.5. The average Bonchev–Trinajstić information content (AvgIpc) is 2.69. The van der Waals surface area contributed by atoms with Crippen LogP contribution in [0.5, 0.6) is 0 Å². The molecule has 0 fully saturated rings. The predicted octanol–water partition coefficient (Wildman–Crippen LogP) is 3.69. The zero-order valence-corrected chi connectivity index (χ0v) is 13.6. The molecule has 0 aliphatic carbocycles. The summed E-state index contributed by atoms with van der Waals surface area (Å²) >= 11 is 6.39. The van der Waals surface area contributed by atoms with Crippen LogP contribution in [0.25, 0.3) is 0 Å². The molecule has 3 nitrogen and oxygen atoms in total. The van der Waals surface area contributed by atoms with Gasteiger partial charge >= 0.3 is 0 Å². The van der Waals surface area contributed by atoms with Crippen LogP contribution < -0.4 is 5.32 Å². The van der Waals surface area contributed by atoms with E-state index in [2.05, 4.69) is 42.8 Å². The van der Waals surface area contributed by atoms with Crippen LogP contribution in [-0.2, 0) is 19.4 Å². The molecule has 1 aromatic rings. The van der Waals surface area contributed by atoms with E-state index in [4.69, 9.17) is 11.6 Å². The Kier molecular flexibility index (Phi) is 7.47. The van der Waals surface area contributed by atoms with Crippen LogP contribution >= 0.6 is 11.6 Å². The first kappa shape index (κ1) is 16.5. The largest absolute Gasteiger partial charge is 0.316 e. The van der Waals surface area contributed by atoms with Crippen LogP contribution in [0.2, 0.25) is 5.02 Å². The van der Waals surface area contributed by atoms with Gasteiger partial charge in [0.25, 0.3) is 0 Å². The van der Waals surface area contributed by atoms with Crippen molar-refractivity contribution in [2.75, 3.05) is 13.1 Å². The molecule has 0 atom stereocenters. The molecule has 1 aromatic heterocycles. The molecular weight excluding hydrogens is 258 g/mol. The van der Waals surface area contributed by atoms with E-state index >= 15 is 0 Å². The first-order chi connectivity index (χ1) is 9.10. The van der Waals surface area contributed by atoms with Gasteiger partial charge in [0, 0.05) is 6.54 Å². The Hall–Kier alpha value is -0.540. The molecule has 110 valence electrons. The molecular formula is C15H28ClN3. The Morgan fingerprint density at radius 3 is 2.58 bits per heavy atom. The summed E-state index contributed by atoms with van der Waals surface area (Å²) in [7, 11) is 0. The molecule has 0 saturated heterocycles. The van der Waals surface area contributed by atoms with Gasteiger partial charge in [-0.3, -0.25) is 4.68 Å². The van der Waals surface area contributed by atoms with Crippen LogP contribution in [0.3, 0.4) is 0 Å². The lowest BCUT2D eigenvalue weighted by atomic mass is 10.1. The van der Waals surface area contributed by atoms with Crippen molar-refractivity contribution in [3.63, 3.8) is 0 Å². The van der Waals surface area contributed by atoms with E-state index in [1.807, 2.05) is 0 Å². The van der Waals surface area contributed by atoms with E-state index in [1.165, 1.54) is 18.5 Å². The van der Waals surface area contributed by atoms with Gasteiger partial charge in [0.1, 0.15) is 0 Å². The quantitative estimate of drug-likeness (QED) is 0.701. The number of rotatable bonds is 9. The van der Waals surface area contributed by atoms with E-state index in [0.717, 1.165) is 49.1 Å². The van der Waals surface area contributed by atoms with Crippen molar-refractivity contribution in [2.24, 2.45) is 5.92 Å². The topological polar surface area (TPSA) is 29.9 Å². The molecule has 19 heavy (non-hydrogen) atoms. The lowest BCUT2D eigenvalue weighted by molar-refractivity contribution is 0.529. The molecule has 0 aliphatic rings. The van der Waals surface area contributed by atoms with Gasteiger partial charge < -0.3 is 5.32 Å². The molecule has 0 unspecified atom stereocenters. The minimum absolute atomic E-state index is 0.725. The standard InChI is InChI=1S/C15H28ClN3/c1-5-13-15(16)14(19(6-2)18-13)9-7-8-10-17-11-12(3)4/h12,17H,5-11H2,1-4H3. The van der Waals surface area contributed by atoms with E-state index < -0.39 is 0 Å². The molecule has 0 aliphatic heterocycles. The Morgan fingerprint density at radius 1 is 1.26 bits per heavy atom. The van der Waals surface area contributed by atoms with Gasteiger partial charge in [-0.15, -0.1) is 0 Å². The van der Waals surface area contributed by atoms with E-state index in [-0.39, 0.29) is 0 Å². The van der Waals surface area contributed by atoms with E-state index in [9.17, 15) is 0 Å². The van der Waals surface area contributed by atoms with E-state index in [0.29, 0.717) is 0 Å². The van der Waals surface area contributed by atoms with Crippen LogP contribution in [-0.4, -0.2) is 22.9 Å². The molecule has 0 saturated carbocycles. The molecule has 0 bridgehead atoms. The maximum Gasteiger partial charge on any atom is 0.0849 e. The SMILES string of the molecule is CCc1nn(CC)c(CCCCNCC(C)C)c1Cl. The normalized spacial score (nSPS) is 11.5. The summed E-state index contributed by atoms with van der Waals surface area (Å²) < 4.78 is 2.06. The third kappa shape index (κ3) is 5.15. The lowest BCUT2D eigenvalue weighted by Crippen LogP contribution is -2.20. The number of nitrogens with zero attached hydrogens (tertiary/aromatic N) is 2. The second-order valence-electron chi connectivity index (χ2n) is 5.43. The highest BCUT2D eigenvalue weighted by Crippen LogP contribution is 2.23. The number of hydrogen-bond donors (Lipinski definition) is 1. The van der Waals surface area contributed by atoms with Crippen LogP contribution in [0.4, 0.5) is 0 Å². The van der Waals surface area contributed by atoms with Crippen molar-refractivity contribution in [3.8, 4) is 0 Å². The second-order valence-corrected chi connectivity index (χ2v) is 5.81. The summed E-state index contributed by atoms with van der Waals surface area (Å²) in [6.45, 7) is 11.8. The minimum Gasteiger partial charge on any atom is -0.316 e. The first-order valence-electron chi connectivity index (χ1n) is 7.54. The Morgan fingerprint density at radius 2 is 2.00 bits per heavy atom. The van der Waals surface area contributed by atoms with Crippen LogP contribution in [0, 0.1) is 5.92 Å². The summed E-state index contributed by atoms with van der Waals surface area (Å²) in [5, 5.41) is 8.92. The maximum atomic E-state index is 6.39. The lowest BCUT2D eigenvalue weighted by Gasteiger charge is -2.08. The maximum absolute atomic E-state index is 6.39. The van der Waals surface area contributed by atoms with Crippen molar-refractivity contribution in [1.29, 1.82) is 0 Å². The third-order valence-electron chi connectivity index (χ3n) is 3.26. The predicted molar refractivity (Wildman–Crippen MR) is 82.9 cm³/mol. The van der Waals surface area contributed by atoms with Crippen molar-refractivity contribution in [1.82, 2.24) is 15.1 Å². The molecule has 0 aromatic carbocycles. The third-order valence-corrected chi connectivity index (χ3v) is 3.70. The summed E-state index contributed by atoms with van der Waals surface area (Å²) in [5.41, 5.74) is 2.25. The molecule has 4 heteroatoms. The van der Waals surface area contributed by atoms with Gasteiger partial charge in [-0.2, -0.15) is 5.10 Å². The summed E-state index contributed by atoms with van der Waals surface area (Å²) in [5.74, 6) is 0.725. The van der Waals surface area contributed by atoms with E-state index in [1.54, 1.807) is 0 Å². The van der Waals surface area contributed by atoms with Gasteiger partial charge in [0.15, 0.2) is 0 Å². The smallest absolute Gasteiger partial charge is 0.0849 e. The first-order valence-corrected chi connectivity index (χ1v) is 7.92. The van der Waals surface area contributed by atoms with Crippen molar-refractivity contribution in [3.05, 3.63) is 16.4 Å². The van der Waals surface area contributed by atoms with Gasteiger partial charge in [0.2, 0.25) is 0 Å². The number of nitrogens with one attached hydrogen (secondary N) is 1. The summed E-state index contributed by atoms with van der Waals surface area (Å²) in [6.07, 6.45) is 4.30. The molecule has 1 N–H and O–H groups in total. The average molecular weight is 286 g/mol. The zero-order chi connectivity index (χ0) is 14.3. The van der Waals surface area contributed by atoms with Gasteiger partial charge in [-0.1, -0.05) is 32.4 Å². The fourth-order valence-corrected chi connectivity index (χ4v) is 2.55. The molecule has 0 amide bonds. The molecule has 1 rings (SSSR count). The van der Waals surface area contributed by atoms with Crippen molar-refractivity contribution < 1.29 is 0 Å². The van der Waals surface area contributed by atoms with Gasteiger partial charge in [0.05, 0.1) is 16.4 Å². The monoisotopic (exact) mass is 285 g/mol. The number of unbranched alkanes of at least 4 members (excludes halogenated alkanes) is 1. The Bertz CT molecular complexity index is 372. The summed E-state index contributed by atoms with van der Waals surface area (Å²) in [6, 6.07) is 0. The van der Waals surface area contributed by atoms with Gasteiger partial charge in [-0.25, -0.2) is 0 Å². The fourth-order valence-electron chi connectivity index (χ4n) is 2.19. The highest BCUT2D eigenvalue weighted by molar-refractivity contribution is 6.31. The van der Waals surface area contributed by atoms with Crippen molar-refractivity contribution >= 4 is 11.6 Å². The number of halogens is 1. The minimum atomic E-state index is 0.725. The Balaban J connectivity index is 2.38. The molecule has 0 radical (unpaired) electrons. The van der Waals surface area contributed by atoms with Crippen LogP contribution in [0.1, 0.15) is 51.9 Å². The summed E-state index contributed by atoms with van der Waals surface area (Å²) in [4.78, 5) is 0. The Labute approximate surface area is 122 Å². The zero-order valence-electron chi connectivity index (χ0n) is 12.8. The van der Waals surface area contributed by atoms with Crippen LogP contribution in [0.15, 0.2) is 0 Å². The fraction of sp³-hybridized carbons (Fsp3) is 0.800. The van der Waals surface area contributed by atoms with Crippen molar-refractivity contribution in [2.45, 2.75) is 59.9 Å². The number of aromatic nitrogens is 2. The van der Waals surface area contributed by atoms with Gasteiger partial charge in [-0.05, 0) is 51.6 Å². The number of hydrogen-bond acceptors (Lipinski definition) is 2. The molecule has 0 spiro atoms. The molecule has 1 heterocycles.